The number of halogens is 1. The average molecular weight is 384 g/mol. The lowest BCUT2D eigenvalue weighted by molar-refractivity contribution is -0.917. The summed E-state index contributed by atoms with van der Waals surface area (Å²) in [5, 5.41) is 2.81. The standard InChI is InChI=1S/C22H26FN3O2/c1-16-3-9-19(10-4-16)24-21(27)14-25(2)22(28)15-26(20-11-12-20)13-17-5-7-18(23)8-6-17/h3-10,20H,11-15H2,1-2H3,(H,24,27)/p+1. The van der Waals surface area contributed by atoms with Gasteiger partial charge in [-0.2, -0.15) is 0 Å². The quantitative estimate of drug-likeness (QED) is 0.729. The number of rotatable bonds is 8. The van der Waals surface area contributed by atoms with Gasteiger partial charge >= 0.3 is 0 Å². The summed E-state index contributed by atoms with van der Waals surface area (Å²) < 4.78 is 13.1. The van der Waals surface area contributed by atoms with Gasteiger partial charge in [-0.25, -0.2) is 4.39 Å². The van der Waals surface area contributed by atoms with Crippen LogP contribution in [0.3, 0.4) is 0 Å². The van der Waals surface area contributed by atoms with Crippen molar-refractivity contribution in [3.63, 3.8) is 0 Å². The Balaban J connectivity index is 1.51. The van der Waals surface area contributed by atoms with Gasteiger partial charge in [-0.1, -0.05) is 29.8 Å². The predicted octanol–water partition coefficient (Wildman–Crippen LogP) is 1.78. The number of hydrogen-bond donors (Lipinski definition) is 2. The fourth-order valence-corrected chi connectivity index (χ4v) is 3.18. The van der Waals surface area contributed by atoms with Crippen LogP contribution >= 0.6 is 0 Å². The zero-order valence-corrected chi connectivity index (χ0v) is 16.4. The zero-order valence-electron chi connectivity index (χ0n) is 16.4. The summed E-state index contributed by atoms with van der Waals surface area (Å²) in [6, 6.07) is 14.4. The number of carbonyl (C=O) groups is 2. The van der Waals surface area contributed by atoms with E-state index in [4.69, 9.17) is 0 Å². The molecular formula is C22H27FN3O2+. The van der Waals surface area contributed by atoms with Crippen LogP contribution in [0.5, 0.6) is 0 Å². The Hall–Kier alpha value is -2.73. The molecular weight excluding hydrogens is 357 g/mol. The molecule has 5 nitrogen and oxygen atoms in total. The molecule has 2 aromatic carbocycles. The lowest BCUT2D eigenvalue weighted by Crippen LogP contribution is -3.13. The number of benzene rings is 2. The van der Waals surface area contributed by atoms with Crippen molar-refractivity contribution >= 4 is 17.5 Å². The van der Waals surface area contributed by atoms with Gasteiger partial charge in [-0.05, 0) is 31.2 Å². The Morgan fingerprint density at radius 3 is 2.36 bits per heavy atom. The van der Waals surface area contributed by atoms with Crippen molar-refractivity contribution in [2.45, 2.75) is 32.4 Å². The van der Waals surface area contributed by atoms with E-state index in [0.29, 0.717) is 19.1 Å². The number of likely N-dealkylation sites (N-methyl/N-ethyl adjacent to an activating group) is 1. The van der Waals surface area contributed by atoms with Gasteiger partial charge in [0.25, 0.3) is 5.91 Å². The van der Waals surface area contributed by atoms with Gasteiger partial charge in [0.05, 0.1) is 12.6 Å². The van der Waals surface area contributed by atoms with Crippen molar-refractivity contribution in [2.75, 3.05) is 25.5 Å². The molecule has 6 heteroatoms. The fraction of sp³-hybridized carbons (Fsp3) is 0.364. The second kappa shape index (κ2) is 8.97. The van der Waals surface area contributed by atoms with Crippen LogP contribution in [0.25, 0.3) is 0 Å². The Bertz CT molecular complexity index is 817. The molecule has 3 rings (SSSR count). The first-order chi connectivity index (χ1) is 13.4. The first kappa shape index (κ1) is 20.0. The molecule has 0 saturated heterocycles. The van der Waals surface area contributed by atoms with E-state index in [1.807, 2.05) is 31.2 Å². The van der Waals surface area contributed by atoms with Gasteiger partial charge in [0, 0.05) is 31.1 Å². The highest BCUT2D eigenvalue weighted by Crippen LogP contribution is 2.16. The number of anilines is 1. The Morgan fingerprint density at radius 2 is 1.75 bits per heavy atom. The number of aryl methyl sites for hydroxylation is 1. The van der Waals surface area contributed by atoms with Crippen LogP contribution in [0, 0.1) is 12.7 Å². The summed E-state index contributed by atoms with van der Waals surface area (Å²) in [6.07, 6.45) is 2.20. The van der Waals surface area contributed by atoms with Crippen LogP contribution in [0.15, 0.2) is 48.5 Å². The first-order valence-electron chi connectivity index (χ1n) is 9.60. The van der Waals surface area contributed by atoms with Crippen molar-refractivity contribution in [3.05, 3.63) is 65.5 Å². The van der Waals surface area contributed by atoms with Crippen LogP contribution in [-0.2, 0) is 16.1 Å². The zero-order chi connectivity index (χ0) is 20.1. The maximum absolute atomic E-state index is 13.1. The number of carbonyl (C=O) groups excluding carboxylic acids is 2. The summed E-state index contributed by atoms with van der Waals surface area (Å²) in [5.74, 6) is -0.540. The average Bonchev–Trinajstić information content (AvgIpc) is 3.50. The van der Waals surface area contributed by atoms with Gasteiger partial charge in [-0.15, -0.1) is 0 Å². The van der Waals surface area contributed by atoms with E-state index in [0.717, 1.165) is 29.7 Å². The molecule has 0 spiro atoms. The van der Waals surface area contributed by atoms with Crippen LogP contribution in [-0.4, -0.2) is 42.9 Å². The molecule has 0 bridgehead atoms. The lowest BCUT2D eigenvalue weighted by atomic mass is 10.2. The van der Waals surface area contributed by atoms with Gasteiger partial charge in [0.15, 0.2) is 6.54 Å². The number of hydrogen-bond acceptors (Lipinski definition) is 2. The molecule has 1 atom stereocenters. The second-order valence-corrected chi connectivity index (χ2v) is 7.58. The SMILES string of the molecule is Cc1ccc(NC(=O)CN(C)C(=O)C[NH+](Cc2ccc(F)cc2)C2CC2)cc1. The number of nitrogens with zero attached hydrogens (tertiary/aromatic N) is 1. The molecule has 2 amide bonds. The molecule has 1 aliphatic rings. The van der Waals surface area contributed by atoms with E-state index in [1.165, 1.54) is 21.9 Å². The third kappa shape index (κ3) is 5.89. The molecule has 0 aromatic heterocycles. The molecule has 2 N–H and O–H groups in total. The summed E-state index contributed by atoms with van der Waals surface area (Å²) in [6.45, 7) is 3.01. The highest BCUT2D eigenvalue weighted by atomic mass is 19.1. The molecule has 1 fully saturated rings. The highest BCUT2D eigenvalue weighted by molar-refractivity contribution is 5.94. The van der Waals surface area contributed by atoms with E-state index in [-0.39, 0.29) is 24.2 Å². The minimum atomic E-state index is -0.257. The third-order valence-electron chi connectivity index (χ3n) is 5.02. The van der Waals surface area contributed by atoms with Gasteiger partial charge < -0.3 is 15.1 Å². The molecule has 28 heavy (non-hydrogen) atoms. The van der Waals surface area contributed by atoms with Gasteiger partial charge in [0.2, 0.25) is 5.91 Å². The molecule has 1 unspecified atom stereocenters. The Kier molecular flexibility index (Phi) is 6.41. The molecule has 1 saturated carbocycles. The Labute approximate surface area is 165 Å². The van der Waals surface area contributed by atoms with Crippen molar-refractivity contribution in [1.29, 1.82) is 0 Å². The number of quaternary nitrogens is 1. The maximum Gasteiger partial charge on any atom is 0.277 e. The molecule has 0 aliphatic heterocycles. The number of nitrogens with one attached hydrogen (secondary N) is 2. The smallest absolute Gasteiger partial charge is 0.277 e. The van der Waals surface area contributed by atoms with E-state index < -0.39 is 0 Å². The second-order valence-electron chi connectivity index (χ2n) is 7.58. The van der Waals surface area contributed by atoms with Crippen molar-refractivity contribution < 1.29 is 18.9 Å². The fourth-order valence-electron chi connectivity index (χ4n) is 3.18. The summed E-state index contributed by atoms with van der Waals surface area (Å²) in [5.41, 5.74) is 2.85. The van der Waals surface area contributed by atoms with E-state index in [9.17, 15) is 14.0 Å². The molecule has 1 aliphatic carbocycles. The largest absolute Gasteiger partial charge is 0.332 e. The van der Waals surface area contributed by atoms with Crippen molar-refractivity contribution in [2.24, 2.45) is 0 Å². The monoisotopic (exact) mass is 384 g/mol. The summed E-state index contributed by atoms with van der Waals surface area (Å²) in [7, 11) is 1.65. The molecule has 0 radical (unpaired) electrons. The number of amides is 2. The molecule has 2 aromatic rings. The summed E-state index contributed by atoms with van der Waals surface area (Å²) >= 11 is 0. The van der Waals surface area contributed by atoms with Crippen molar-refractivity contribution in [3.8, 4) is 0 Å². The van der Waals surface area contributed by atoms with Crippen molar-refractivity contribution in [1.82, 2.24) is 4.90 Å². The maximum atomic E-state index is 13.1. The van der Waals surface area contributed by atoms with Crippen LogP contribution in [0.4, 0.5) is 10.1 Å². The Morgan fingerprint density at radius 1 is 1.11 bits per heavy atom. The molecule has 148 valence electrons. The lowest BCUT2D eigenvalue weighted by Gasteiger charge is -2.22. The highest BCUT2D eigenvalue weighted by Gasteiger charge is 2.35. The van der Waals surface area contributed by atoms with Crippen LogP contribution in [0.2, 0.25) is 0 Å². The minimum Gasteiger partial charge on any atom is -0.332 e. The third-order valence-corrected chi connectivity index (χ3v) is 5.02. The van der Waals surface area contributed by atoms with Gasteiger partial charge in [-0.3, -0.25) is 9.59 Å². The van der Waals surface area contributed by atoms with Crippen LogP contribution in [0.1, 0.15) is 24.0 Å². The van der Waals surface area contributed by atoms with E-state index in [2.05, 4.69) is 5.32 Å². The van der Waals surface area contributed by atoms with Gasteiger partial charge in [0.1, 0.15) is 12.4 Å². The van der Waals surface area contributed by atoms with E-state index >= 15 is 0 Å². The summed E-state index contributed by atoms with van der Waals surface area (Å²) in [4.78, 5) is 27.5. The first-order valence-corrected chi connectivity index (χ1v) is 9.60. The topological polar surface area (TPSA) is 53.9 Å². The minimum absolute atomic E-state index is 0.0151. The molecule has 0 heterocycles. The normalized spacial score (nSPS) is 14.4. The predicted molar refractivity (Wildman–Crippen MR) is 106 cm³/mol. The van der Waals surface area contributed by atoms with E-state index in [1.54, 1.807) is 19.2 Å². The van der Waals surface area contributed by atoms with Crippen LogP contribution < -0.4 is 10.2 Å².